The fraction of sp³-hybridized carbons (Fsp3) is 0.357. The van der Waals surface area contributed by atoms with Crippen molar-refractivity contribution < 1.29 is 14.6 Å². The standard InChI is InChI=1S/C14H15NO3/c1-14-8-7-12(16)15(14)11(9-18-14)13(17)10-5-3-2-4-6-10/h2-8,11,13,17H,9H2,1H3/t11-,13-,14+/m0/s1. The Bertz CT molecular complexity index is 499. The Kier molecular flexibility index (Phi) is 2.50. The molecule has 0 unspecified atom stereocenters. The number of hydrogen-bond acceptors (Lipinski definition) is 3. The summed E-state index contributed by atoms with van der Waals surface area (Å²) in [7, 11) is 0. The Hall–Kier alpha value is -1.65. The van der Waals surface area contributed by atoms with E-state index in [0.717, 1.165) is 5.56 Å². The summed E-state index contributed by atoms with van der Waals surface area (Å²) in [5, 5.41) is 10.4. The van der Waals surface area contributed by atoms with Crippen LogP contribution >= 0.6 is 0 Å². The van der Waals surface area contributed by atoms with E-state index < -0.39 is 11.8 Å². The molecule has 2 heterocycles. The second-order valence-corrected chi connectivity index (χ2v) is 4.83. The van der Waals surface area contributed by atoms with E-state index in [1.807, 2.05) is 37.3 Å². The summed E-state index contributed by atoms with van der Waals surface area (Å²) in [5.41, 5.74) is 0.104. The van der Waals surface area contributed by atoms with Crippen molar-refractivity contribution in [3.05, 3.63) is 48.0 Å². The number of ether oxygens (including phenoxy) is 1. The molecule has 1 fully saturated rings. The molecule has 18 heavy (non-hydrogen) atoms. The van der Waals surface area contributed by atoms with Gasteiger partial charge in [0.2, 0.25) is 5.91 Å². The van der Waals surface area contributed by atoms with Crippen LogP contribution in [-0.2, 0) is 9.53 Å². The van der Waals surface area contributed by atoms with Crippen molar-refractivity contribution in [2.45, 2.75) is 24.8 Å². The van der Waals surface area contributed by atoms with Crippen LogP contribution in [0.15, 0.2) is 42.5 Å². The van der Waals surface area contributed by atoms with Crippen molar-refractivity contribution in [1.82, 2.24) is 4.90 Å². The molecule has 2 aliphatic heterocycles. The number of benzene rings is 1. The van der Waals surface area contributed by atoms with E-state index in [4.69, 9.17) is 4.74 Å². The van der Waals surface area contributed by atoms with E-state index in [2.05, 4.69) is 0 Å². The minimum absolute atomic E-state index is 0.102. The van der Waals surface area contributed by atoms with Crippen molar-refractivity contribution in [2.75, 3.05) is 6.61 Å². The van der Waals surface area contributed by atoms with Crippen molar-refractivity contribution in [2.24, 2.45) is 0 Å². The van der Waals surface area contributed by atoms with Gasteiger partial charge in [-0.15, -0.1) is 0 Å². The van der Waals surface area contributed by atoms with Crippen LogP contribution in [0.4, 0.5) is 0 Å². The molecule has 1 aromatic carbocycles. The molecule has 0 aromatic heterocycles. The summed E-state index contributed by atoms with van der Waals surface area (Å²) in [6, 6.07) is 9.02. The van der Waals surface area contributed by atoms with Gasteiger partial charge in [-0.25, -0.2) is 0 Å². The third-order valence-electron chi connectivity index (χ3n) is 3.63. The molecule has 2 aliphatic rings. The van der Waals surface area contributed by atoms with Crippen LogP contribution in [0.1, 0.15) is 18.6 Å². The van der Waals surface area contributed by atoms with E-state index in [1.54, 1.807) is 11.0 Å². The van der Waals surface area contributed by atoms with E-state index in [1.165, 1.54) is 6.08 Å². The largest absolute Gasteiger partial charge is 0.386 e. The van der Waals surface area contributed by atoms with Gasteiger partial charge in [-0.1, -0.05) is 30.3 Å². The van der Waals surface area contributed by atoms with Gasteiger partial charge >= 0.3 is 0 Å². The highest BCUT2D eigenvalue weighted by atomic mass is 16.5. The number of aliphatic hydroxyl groups excluding tert-OH is 1. The van der Waals surface area contributed by atoms with Gasteiger partial charge in [0.05, 0.1) is 12.6 Å². The number of carbonyl (C=O) groups excluding carboxylic acids is 1. The SMILES string of the molecule is C[C@@]12C=CC(=O)N1[C@H]([C@@H](O)c1ccccc1)CO2. The maximum Gasteiger partial charge on any atom is 0.249 e. The lowest BCUT2D eigenvalue weighted by Gasteiger charge is -2.31. The average Bonchev–Trinajstić information content (AvgIpc) is 2.87. The van der Waals surface area contributed by atoms with Crippen molar-refractivity contribution in [3.8, 4) is 0 Å². The lowest BCUT2D eigenvalue weighted by atomic mass is 10.0. The predicted octanol–water partition coefficient (Wildman–Crippen LogP) is 1.23. The molecule has 94 valence electrons. The first kappa shape index (κ1) is 11.4. The van der Waals surface area contributed by atoms with E-state index in [0.29, 0.717) is 6.61 Å². The summed E-state index contributed by atoms with van der Waals surface area (Å²) in [5.74, 6) is -0.102. The topological polar surface area (TPSA) is 49.8 Å². The van der Waals surface area contributed by atoms with Crippen LogP contribution in [0.3, 0.4) is 0 Å². The molecular weight excluding hydrogens is 230 g/mol. The molecule has 0 aliphatic carbocycles. The number of hydrogen-bond donors (Lipinski definition) is 1. The molecule has 0 radical (unpaired) electrons. The van der Waals surface area contributed by atoms with Gasteiger partial charge in [0.1, 0.15) is 6.10 Å². The molecule has 3 rings (SSSR count). The highest BCUT2D eigenvalue weighted by molar-refractivity contribution is 5.91. The predicted molar refractivity (Wildman–Crippen MR) is 65.5 cm³/mol. The van der Waals surface area contributed by atoms with Crippen molar-refractivity contribution in [1.29, 1.82) is 0 Å². The first-order valence-corrected chi connectivity index (χ1v) is 6.01. The van der Waals surface area contributed by atoms with Gasteiger partial charge in [0, 0.05) is 6.08 Å². The highest BCUT2D eigenvalue weighted by Crippen LogP contribution is 2.38. The second-order valence-electron chi connectivity index (χ2n) is 4.83. The Morgan fingerprint density at radius 1 is 1.44 bits per heavy atom. The fourth-order valence-electron chi connectivity index (χ4n) is 2.65. The molecule has 0 spiro atoms. The van der Waals surface area contributed by atoms with Crippen molar-refractivity contribution >= 4 is 5.91 Å². The Morgan fingerprint density at radius 3 is 2.89 bits per heavy atom. The first-order chi connectivity index (χ1) is 8.62. The lowest BCUT2D eigenvalue weighted by molar-refractivity contribution is -0.136. The zero-order valence-electron chi connectivity index (χ0n) is 10.1. The lowest BCUT2D eigenvalue weighted by Crippen LogP contribution is -2.46. The number of carbonyl (C=O) groups is 1. The molecule has 4 nitrogen and oxygen atoms in total. The molecule has 3 atom stereocenters. The summed E-state index contributed by atoms with van der Waals surface area (Å²) < 4.78 is 5.65. The monoisotopic (exact) mass is 245 g/mol. The van der Waals surface area contributed by atoms with E-state index >= 15 is 0 Å². The van der Waals surface area contributed by atoms with Gasteiger partial charge in [0.15, 0.2) is 5.72 Å². The van der Waals surface area contributed by atoms with Crippen LogP contribution in [0.25, 0.3) is 0 Å². The Morgan fingerprint density at radius 2 is 2.17 bits per heavy atom. The number of nitrogens with zero attached hydrogens (tertiary/aromatic N) is 1. The number of rotatable bonds is 2. The zero-order valence-corrected chi connectivity index (χ0v) is 10.1. The summed E-state index contributed by atoms with van der Waals surface area (Å²) in [6.45, 7) is 2.19. The maximum absolute atomic E-state index is 11.9. The van der Waals surface area contributed by atoms with Crippen LogP contribution in [-0.4, -0.2) is 34.3 Å². The normalized spacial score (nSPS) is 31.8. The fourth-order valence-corrected chi connectivity index (χ4v) is 2.65. The molecular formula is C14H15NO3. The van der Waals surface area contributed by atoms with Gasteiger partial charge in [0.25, 0.3) is 0 Å². The highest BCUT2D eigenvalue weighted by Gasteiger charge is 2.50. The minimum Gasteiger partial charge on any atom is -0.386 e. The molecule has 1 aromatic rings. The average molecular weight is 245 g/mol. The van der Waals surface area contributed by atoms with Crippen LogP contribution < -0.4 is 0 Å². The van der Waals surface area contributed by atoms with Gasteiger partial charge in [-0.2, -0.15) is 0 Å². The smallest absolute Gasteiger partial charge is 0.249 e. The van der Waals surface area contributed by atoms with Crippen LogP contribution in [0.5, 0.6) is 0 Å². The molecule has 1 saturated heterocycles. The number of aliphatic hydroxyl groups is 1. The number of fused-ring (bicyclic) bond motifs is 1. The molecule has 1 N–H and O–H groups in total. The summed E-state index contributed by atoms with van der Waals surface area (Å²) in [6.07, 6.45) is 2.52. The van der Waals surface area contributed by atoms with Gasteiger partial charge < -0.3 is 9.84 Å². The van der Waals surface area contributed by atoms with Gasteiger partial charge in [-0.3, -0.25) is 9.69 Å². The second kappa shape index (κ2) is 3.93. The van der Waals surface area contributed by atoms with Crippen LogP contribution in [0.2, 0.25) is 0 Å². The number of amides is 1. The Balaban J connectivity index is 1.89. The summed E-state index contributed by atoms with van der Waals surface area (Å²) >= 11 is 0. The molecule has 1 amide bonds. The minimum atomic E-state index is -0.725. The maximum atomic E-state index is 11.9. The zero-order chi connectivity index (χ0) is 12.8. The van der Waals surface area contributed by atoms with E-state index in [-0.39, 0.29) is 11.9 Å². The third-order valence-corrected chi connectivity index (χ3v) is 3.63. The van der Waals surface area contributed by atoms with Gasteiger partial charge in [-0.05, 0) is 18.6 Å². The molecule has 0 saturated carbocycles. The third kappa shape index (κ3) is 1.57. The quantitative estimate of drug-likeness (QED) is 0.852. The Labute approximate surface area is 105 Å². The first-order valence-electron chi connectivity index (χ1n) is 6.01. The van der Waals surface area contributed by atoms with Crippen molar-refractivity contribution in [3.63, 3.8) is 0 Å². The van der Waals surface area contributed by atoms with Crippen LogP contribution in [0, 0.1) is 0 Å². The molecule has 4 heteroatoms. The van der Waals surface area contributed by atoms with E-state index in [9.17, 15) is 9.90 Å². The molecule has 0 bridgehead atoms. The summed E-state index contributed by atoms with van der Waals surface area (Å²) in [4.78, 5) is 13.5.